The van der Waals surface area contributed by atoms with Crippen molar-refractivity contribution in [1.29, 1.82) is 0 Å². The molecule has 1 aliphatic carbocycles. The number of Topliss-reactive ketones (excluding diaryl/α,β-unsaturated/α-hetero) is 1. The smallest absolute Gasteiger partial charge is 0.282 e. The second kappa shape index (κ2) is 5.15. The van der Waals surface area contributed by atoms with Crippen molar-refractivity contribution in [2.45, 2.75) is 26.7 Å². The molecule has 1 aliphatic heterocycles. The van der Waals surface area contributed by atoms with E-state index in [-0.39, 0.29) is 40.1 Å². The van der Waals surface area contributed by atoms with Gasteiger partial charge in [-0.1, -0.05) is 26.0 Å². The number of imide groups is 1. The van der Waals surface area contributed by atoms with Crippen LogP contribution in [0.25, 0.3) is 0 Å². The molecule has 6 heteroatoms. The van der Waals surface area contributed by atoms with Crippen molar-refractivity contribution in [2.75, 3.05) is 0 Å². The normalized spacial score (nSPS) is 20.6. The maximum absolute atomic E-state index is 12.2. The number of nitrogens with zero attached hydrogens (tertiary/aromatic N) is 2. The molecule has 6 nitrogen and oxygen atoms in total. The molecule has 1 heterocycles. The average molecular weight is 312 g/mol. The Morgan fingerprint density at radius 3 is 2.17 bits per heavy atom. The zero-order valence-corrected chi connectivity index (χ0v) is 12.9. The van der Waals surface area contributed by atoms with Crippen molar-refractivity contribution < 1.29 is 19.5 Å². The van der Waals surface area contributed by atoms with Gasteiger partial charge in [0.25, 0.3) is 11.8 Å². The number of benzene rings is 1. The van der Waals surface area contributed by atoms with Gasteiger partial charge in [0.05, 0.1) is 22.9 Å². The van der Waals surface area contributed by atoms with Crippen LogP contribution in [0, 0.1) is 5.41 Å². The number of ketones is 1. The van der Waals surface area contributed by atoms with E-state index in [0.29, 0.717) is 6.42 Å². The first kappa shape index (κ1) is 15.1. The van der Waals surface area contributed by atoms with Crippen molar-refractivity contribution in [3.63, 3.8) is 0 Å². The highest BCUT2D eigenvalue weighted by molar-refractivity contribution is 6.22. The molecule has 0 spiro atoms. The summed E-state index contributed by atoms with van der Waals surface area (Å²) in [6, 6.07) is 6.43. The third kappa shape index (κ3) is 2.56. The predicted molar refractivity (Wildman–Crippen MR) is 83.1 cm³/mol. The SMILES string of the molecule is CC1(C)CC(=O)C(C=NN2C(=O)c3ccccc3C2=O)=C(O)C1. The summed E-state index contributed by atoms with van der Waals surface area (Å²) in [6.45, 7) is 3.78. The summed E-state index contributed by atoms with van der Waals surface area (Å²) in [6.07, 6.45) is 1.73. The first-order valence-electron chi connectivity index (χ1n) is 7.27. The first-order valence-corrected chi connectivity index (χ1v) is 7.27. The van der Waals surface area contributed by atoms with E-state index in [1.807, 2.05) is 13.8 Å². The Kier molecular flexibility index (Phi) is 3.39. The van der Waals surface area contributed by atoms with Gasteiger partial charge in [0.1, 0.15) is 5.76 Å². The number of amides is 2. The van der Waals surface area contributed by atoms with E-state index in [1.165, 1.54) is 0 Å². The lowest BCUT2D eigenvalue weighted by molar-refractivity contribution is -0.117. The molecule has 0 saturated carbocycles. The van der Waals surface area contributed by atoms with E-state index in [0.717, 1.165) is 11.2 Å². The molecule has 0 fully saturated rings. The minimum absolute atomic E-state index is 0.0564. The number of aliphatic hydroxyl groups is 1. The highest BCUT2D eigenvalue weighted by atomic mass is 16.3. The number of allylic oxidation sites excluding steroid dienone is 2. The second-order valence-corrected chi connectivity index (χ2v) is 6.51. The van der Waals surface area contributed by atoms with Crippen LogP contribution in [0.1, 0.15) is 47.4 Å². The summed E-state index contributed by atoms with van der Waals surface area (Å²) in [7, 11) is 0. The minimum Gasteiger partial charge on any atom is -0.511 e. The molecule has 0 saturated heterocycles. The van der Waals surface area contributed by atoms with Crippen LogP contribution in [0.5, 0.6) is 0 Å². The van der Waals surface area contributed by atoms with Crippen LogP contribution < -0.4 is 0 Å². The van der Waals surface area contributed by atoms with Crippen LogP contribution in [-0.2, 0) is 4.79 Å². The summed E-state index contributed by atoms with van der Waals surface area (Å²) in [5.74, 6) is -1.39. The molecule has 1 N–H and O–H groups in total. The summed E-state index contributed by atoms with van der Waals surface area (Å²) in [5, 5.41) is 14.6. The topological polar surface area (TPSA) is 87.0 Å². The molecule has 0 bridgehead atoms. The number of carbonyl (C=O) groups is 3. The van der Waals surface area contributed by atoms with Crippen molar-refractivity contribution in [1.82, 2.24) is 5.01 Å². The van der Waals surface area contributed by atoms with E-state index in [1.54, 1.807) is 24.3 Å². The van der Waals surface area contributed by atoms with Crippen molar-refractivity contribution >= 4 is 23.8 Å². The standard InChI is InChI=1S/C17H16N2O4/c1-17(2)7-13(20)12(14(21)8-17)9-18-19-15(22)10-5-3-4-6-11(10)16(19)23/h3-6,9,20H,7-8H2,1-2H3. The van der Waals surface area contributed by atoms with E-state index in [2.05, 4.69) is 5.10 Å². The van der Waals surface area contributed by atoms with Gasteiger partial charge in [-0.15, -0.1) is 0 Å². The number of hydrazone groups is 1. The number of carbonyl (C=O) groups excluding carboxylic acids is 3. The third-order valence-corrected chi connectivity index (χ3v) is 3.97. The highest BCUT2D eigenvalue weighted by Crippen LogP contribution is 2.35. The molecule has 1 aromatic rings. The van der Waals surface area contributed by atoms with Gasteiger partial charge in [0.15, 0.2) is 5.78 Å². The maximum Gasteiger partial charge on any atom is 0.282 e. The summed E-state index contributed by atoms with van der Waals surface area (Å²) in [4.78, 5) is 36.5. The Morgan fingerprint density at radius 1 is 1.09 bits per heavy atom. The van der Waals surface area contributed by atoms with Crippen molar-refractivity contribution in [3.8, 4) is 0 Å². The van der Waals surface area contributed by atoms with Crippen LogP contribution in [0.3, 0.4) is 0 Å². The molecule has 0 radical (unpaired) electrons. The van der Waals surface area contributed by atoms with Gasteiger partial charge < -0.3 is 5.11 Å². The molecule has 23 heavy (non-hydrogen) atoms. The molecular weight excluding hydrogens is 296 g/mol. The molecule has 2 aliphatic rings. The number of hydrogen-bond acceptors (Lipinski definition) is 5. The minimum atomic E-state index is -0.537. The van der Waals surface area contributed by atoms with Gasteiger partial charge >= 0.3 is 0 Å². The highest BCUT2D eigenvalue weighted by Gasteiger charge is 2.36. The number of rotatable bonds is 2. The molecule has 118 valence electrons. The zero-order valence-electron chi connectivity index (χ0n) is 12.9. The molecule has 2 amide bonds. The Labute approximate surface area is 133 Å². The molecule has 3 rings (SSSR count). The molecular formula is C17H16N2O4. The predicted octanol–water partition coefficient (Wildman–Crippen LogP) is 2.47. The zero-order chi connectivity index (χ0) is 16.8. The molecule has 0 aromatic heterocycles. The van der Waals surface area contributed by atoms with Gasteiger partial charge in [-0.25, -0.2) is 0 Å². The van der Waals surface area contributed by atoms with Gasteiger partial charge in [-0.3, -0.25) is 14.4 Å². The van der Waals surface area contributed by atoms with E-state index >= 15 is 0 Å². The second-order valence-electron chi connectivity index (χ2n) is 6.51. The Bertz CT molecular complexity index is 755. The van der Waals surface area contributed by atoms with Gasteiger partial charge in [-0.05, 0) is 17.5 Å². The monoisotopic (exact) mass is 312 g/mol. The van der Waals surface area contributed by atoms with Crippen LogP contribution in [0.4, 0.5) is 0 Å². The molecule has 1 aromatic carbocycles. The quantitative estimate of drug-likeness (QED) is 0.671. The molecule has 0 atom stereocenters. The fourth-order valence-electron chi connectivity index (χ4n) is 2.85. The van der Waals surface area contributed by atoms with Gasteiger partial charge in [-0.2, -0.15) is 10.1 Å². The first-order chi connectivity index (χ1) is 10.8. The Hall–Kier alpha value is -2.76. The summed E-state index contributed by atoms with van der Waals surface area (Å²) in [5.41, 5.74) is 0.308. The van der Waals surface area contributed by atoms with E-state index in [9.17, 15) is 19.5 Å². The molecule has 0 unspecified atom stereocenters. The number of fused-ring (bicyclic) bond motifs is 1. The fourth-order valence-corrected chi connectivity index (χ4v) is 2.85. The van der Waals surface area contributed by atoms with Crippen LogP contribution in [0.15, 0.2) is 40.7 Å². The van der Waals surface area contributed by atoms with Gasteiger partial charge in [0.2, 0.25) is 0 Å². The Morgan fingerprint density at radius 2 is 1.65 bits per heavy atom. The van der Waals surface area contributed by atoms with E-state index in [4.69, 9.17) is 0 Å². The maximum atomic E-state index is 12.2. The lowest BCUT2D eigenvalue weighted by Gasteiger charge is -2.28. The number of aliphatic hydroxyl groups excluding tert-OH is 1. The van der Waals surface area contributed by atoms with Crippen molar-refractivity contribution in [3.05, 3.63) is 46.7 Å². The van der Waals surface area contributed by atoms with Gasteiger partial charge in [0, 0.05) is 12.8 Å². The third-order valence-electron chi connectivity index (χ3n) is 3.97. The van der Waals surface area contributed by atoms with Crippen LogP contribution in [-0.4, -0.2) is 33.9 Å². The lowest BCUT2D eigenvalue weighted by atomic mass is 9.77. The summed E-state index contributed by atoms with van der Waals surface area (Å²) < 4.78 is 0. The largest absolute Gasteiger partial charge is 0.511 e. The Balaban J connectivity index is 1.89. The average Bonchev–Trinajstić information content (AvgIpc) is 2.70. The lowest BCUT2D eigenvalue weighted by Crippen LogP contribution is -2.28. The van der Waals surface area contributed by atoms with Crippen molar-refractivity contribution in [2.24, 2.45) is 10.5 Å². The summed E-state index contributed by atoms with van der Waals surface area (Å²) >= 11 is 0. The van der Waals surface area contributed by atoms with E-state index < -0.39 is 11.8 Å². The van der Waals surface area contributed by atoms with Crippen LogP contribution >= 0.6 is 0 Å². The van der Waals surface area contributed by atoms with Crippen LogP contribution in [0.2, 0.25) is 0 Å². The fraction of sp³-hybridized carbons (Fsp3) is 0.294. The number of hydrogen-bond donors (Lipinski definition) is 1.